The number of hydrogen-bond donors (Lipinski definition) is 0. The first-order valence-corrected chi connectivity index (χ1v) is 8.31. The second-order valence-electron chi connectivity index (χ2n) is 6.14. The van der Waals surface area contributed by atoms with Crippen molar-refractivity contribution in [2.45, 2.75) is 39.5 Å². The Kier molecular flexibility index (Phi) is 4.61. The molecular formula is C21H22O2. The summed E-state index contributed by atoms with van der Waals surface area (Å²) < 4.78 is 5.48. The first-order valence-electron chi connectivity index (χ1n) is 8.31. The normalized spacial score (nSPS) is 11.0. The summed E-state index contributed by atoms with van der Waals surface area (Å²) in [5.41, 5.74) is 4.33. The molecule has 118 valence electrons. The Bertz CT molecular complexity index is 857. The van der Waals surface area contributed by atoms with Gasteiger partial charge in [-0.3, -0.25) is 0 Å². The van der Waals surface area contributed by atoms with Crippen LogP contribution in [0.25, 0.3) is 22.1 Å². The monoisotopic (exact) mass is 306 g/mol. The van der Waals surface area contributed by atoms with E-state index in [1.807, 2.05) is 43.3 Å². The summed E-state index contributed by atoms with van der Waals surface area (Å²) in [6.45, 7) is 4.20. The lowest BCUT2D eigenvalue weighted by Gasteiger charge is -2.05. The molecule has 0 bridgehead atoms. The lowest BCUT2D eigenvalue weighted by atomic mass is 10.0. The summed E-state index contributed by atoms with van der Waals surface area (Å²) in [5, 5.41) is 0.956. The van der Waals surface area contributed by atoms with Gasteiger partial charge in [0.1, 0.15) is 5.58 Å². The average Bonchev–Trinajstić information content (AvgIpc) is 2.55. The molecular weight excluding hydrogens is 284 g/mol. The molecule has 0 aliphatic rings. The van der Waals surface area contributed by atoms with Crippen LogP contribution in [0.1, 0.15) is 37.3 Å². The van der Waals surface area contributed by atoms with Crippen LogP contribution in [-0.2, 0) is 6.42 Å². The van der Waals surface area contributed by atoms with E-state index in [9.17, 15) is 4.79 Å². The first kappa shape index (κ1) is 15.5. The predicted octanol–water partition coefficient (Wildman–Crippen LogP) is 5.50. The van der Waals surface area contributed by atoms with Gasteiger partial charge in [-0.25, -0.2) is 4.79 Å². The van der Waals surface area contributed by atoms with Gasteiger partial charge in [0.25, 0.3) is 0 Å². The van der Waals surface area contributed by atoms with Gasteiger partial charge in [-0.2, -0.15) is 0 Å². The quantitative estimate of drug-likeness (QED) is 0.460. The fourth-order valence-electron chi connectivity index (χ4n) is 2.85. The SMILES string of the molecule is CCCCCc1ccc(-c2cc3ccc(C)cc3oc2=O)cc1. The first-order chi connectivity index (χ1) is 11.2. The molecule has 2 nitrogen and oxygen atoms in total. The molecule has 0 spiro atoms. The van der Waals surface area contributed by atoms with Crippen molar-refractivity contribution in [1.82, 2.24) is 0 Å². The van der Waals surface area contributed by atoms with Crippen LogP contribution in [0.2, 0.25) is 0 Å². The van der Waals surface area contributed by atoms with Gasteiger partial charge in [0, 0.05) is 5.39 Å². The van der Waals surface area contributed by atoms with E-state index in [-0.39, 0.29) is 5.63 Å². The van der Waals surface area contributed by atoms with Crippen molar-refractivity contribution in [2.75, 3.05) is 0 Å². The van der Waals surface area contributed by atoms with Crippen LogP contribution in [0, 0.1) is 6.92 Å². The van der Waals surface area contributed by atoms with Crippen LogP contribution >= 0.6 is 0 Å². The van der Waals surface area contributed by atoms with Gasteiger partial charge < -0.3 is 4.42 Å². The highest BCUT2D eigenvalue weighted by molar-refractivity contribution is 5.82. The number of hydrogen-bond acceptors (Lipinski definition) is 2. The molecule has 1 aromatic heterocycles. The number of fused-ring (bicyclic) bond motifs is 1. The van der Waals surface area contributed by atoms with E-state index in [1.54, 1.807) is 0 Å². The van der Waals surface area contributed by atoms with Crippen LogP contribution in [0.3, 0.4) is 0 Å². The highest BCUT2D eigenvalue weighted by atomic mass is 16.4. The molecule has 2 aromatic carbocycles. The molecule has 23 heavy (non-hydrogen) atoms. The van der Waals surface area contributed by atoms with E-state index in [0.717, 1.165) is 22.9 Å². The van der Waals surface area contributed by atoms with Crippen molar-refractivity contribution in [1.29, 1.82) is 0 Å². The minimum absolute atomic E-state index is 0.276. The summed E-state index contributed by atoms with van der Waals surface area (Å²) in [5.74, 6) is 0. The minimum atomic E-state index is -0.276. The van der Waals surface area contributed by atoms with E-state index in [4.69, 9.17) is 4.42 Å². The third-order valence-corrected chi connectivity index (χ3v) is 4.23. The Hall–Kier alpha value is -2.35. The highest BCUT2D eigenvalue weighted by Gasteiger charge is 2.08. The molecule has 1 heterocycles. The topological polar surface area (TPSA) is 30.2 Å². The number of unbranched alkanes of at least 4 members (excludes halogenated alkanes) is 2. The maximum atomic E-state index is 12.3. The largest absolute Gasteiger partial charge is 0.422 e. The second kappa shape index (κ2) is 6.82. The molecule has 0 fully saturated rings. The molecule has 0 saturated carbocycles. The summed E-state index contributed by atoms with van der Waals surface area (Å²) in [6, 6.07) is 16.1. The molecule has 3 aromatic rings. The molecule has 0 radical (unpaired) electrons. The van der Waals surface area contributed by atoms with Gasteiger partial charge in [0.05, 0.1) is 5.56 Å². The van der Waals surface area contributed by atoms with Gasteiger partial charge in [-0.15, -0.1) is 0 Å². The lowest BCUT2D eigenvalue weighted by molar-refractivity contribution is 0.563. The van der Waals surface area contributed by atoms with Crippen molar-refractivity contribution in [3.8, 4) is 11.1 Å². The van der Waals surface area contributed by atoms with Crippen molar-refractivity contribution in [3.63, 3.8) is 0 Å². The Morgan fingerprint density at radius 1 is 0.957 bits per heavy atom. The van der Waals surface area contributed by atoms with Gasteiger partial charge in [0.15, 0.2) is 0 Å². The van der Waals surface area contributed by atoms with Crippen LogP contribution in [-0.4, -0.2) is 0 Å². The van der Waals surface area contributed by atoms with E-state index in [2.05, 4.69) is 19.1 Å². The van der Waals surface area contributed by atoms with Crippen LogP contribution in [0.5, 0.6) is 0 Å². The van der Waals surface area contributed by atoms with E-state index < -0.39 is 0 Å². The van der Waals surface area contributed by atoms with Gasteiger partial charge in [-0.05, 0) is 48.6 Å². The predicted molar refractivity (Wildman–Crippen MR) is 95.9 cm³/mol. The van der Waals surface area contributed by atoms with Gasteiger partial charge >= 0.3 is 5.63 Å². The summed E-state index contributed by atoms with van der Waals surface area (Å²) >= 11 is 0. The van der Waals surface area contributed by atoms with Gasteiger partial charge in [0.2, 0.25) is 0 Å². The third-order valence-electron chi connectivity index (χ3n) is 4.23. The lowest BCUT2D eigenvalue weighted by Crippen LogP contribution is -2.02. The molecule has 3 rings (SSSR count). The minimum Gasteiger partial charge on any atom is -0.422 e. The number of benzene rings is 2. The molecule has 0 atom stereocenters. The zero-order valence-corrected chi connectivity index (χ0v) is 13.8. The van der Waals surface area contributed by atoms with E-state index in [1.165, 1.54) is 24.8 Å². The second-order valence-corrected chi connectivity index (χ2v) is 6.14. The van der Waals surface area contributed by atoms with Crippen molar-refractivity contribution >= 4 is 11.0 Å². The molecule has 0 saturated heterocycles. The Morgan fingerprint density at radius 3 is 2.48 bits per heavy atom. The Balaban J connectivity index is 1.92. The molecule has 0 amide bonds. The van der Waals surface area contributed by atoms with Crippen molar-refractivity contribution in [3.05, 3.63) is 70.1 Å². The van der Waals surface area contributed by atoms with E-state index >= 15 is 0 Å². The summed E-state index contributed by atoms with van der Waals surface area (Å²) in [7, 11) is 0. The smallest absolute Gasteiger partial charge is 0.344 e. The molecule has 2 heteroatoms. The molecule has 0 aliphatic carbocycles. The third kappa shape index (κ3) is 3.53. The zero-order chi connectivity index (χ0) is 16.2. The fraction of sp³-hybridized carbons (Fsp3) is 0.286. The average molecular weight is 306 g/mol. The summed E-state index contributed by atoms with van der Waals surface area (Å²) in [6.07, 6.45) is 4.80. The van der Waals surface area contributed by atoms with Crippen molar-refractivity contribution < 1.29 is 4.42 Å². The fourth-order valence-corrected chi connectivity index (χ4v) is 2.85. The van der Waals surface area contributed by atoms with Crippen LogP contribution in [0.4, 0.5) is 0 Å². The molecule has 0 N–H and O–H groups in total. The Labute approximate surface area is 136 Å². The number of aryl methyl sites for hydroxylation is 2. The van der Waals surface area contributed by atoms with Crippen LogP contribution < -0.4 is 5.63 Å². The molecule has 0 aliphatic heterocycles. The highest BCUT2D eigenvalue weighted by Crippen LogP contribution is 2.22. The van der Waals surface area contributed by atoms with Crippen molar-refractivity contribution in [2.24, 2.45) is 0 Å². The number of rotatable bonds is 5. The Morgan fingerprint density at radius 2 is 1.74 bits per heavy atom. The van der Waals surface area contributed by atoms with Crippen LogP contribution in [0.15, 0.2) is 57.7 Å². The van der Waals surface area contributed by atoms with E-state index in [0.29, 0.717) is 11.1 Å². The zero-order valence-electron chi connectivity index (χ0n) is 13.8. The maximum Gasteiger partial charge on any atom is 0.344 e. The maximum absolute atomic E-state index is 12.3. The molecule has 0 unspecified atom stereocenters. The summed E-state index contributed by atoms with van der Waals surface area (Å²) in [4.78, 5) is 12.3. The standard InChI is InChI=1S/C21H22O2/c1-3-4-5-6-16-8-11-17(12-9-16)19-14-18-10-7-15(2)13-20(18)23-21(19)22/h7-14H,3-6H2,1-2H3. The van der Waals surface area contributed by atoms with Gasteiger partial charge in [-0.1, -0.05) is 56.2 Å².